The molecular formula is C18H27N3O2. The number of benzene rings is 1. The first-order chi connectivity index (χ1) is 10.8. The van der Waals surface area contributed by atoms with Crippen LogP contribution in [0.5, 0.6) is 0 Å². The van der Waals surface area contributed by atoms with Crippen molar-refractivity contribution in [3.63, 3.8) is 0 Å². The van der Waals surface area contributed by atoms with Gasteiger partial charge in [-0.25, -0.2) is 4.79 Å². The van der Waals surface area contributed by atoms with Gasteiger partial charge in [-0.2, -0.15) is 0 Å². The monoisotopic (exact) mass is 317 g/mol. The lowest BCUT2D eigenvalue weighted by Crippen LogP contribution is -2.50. The molecule has 1 aromatic rings. The minimum absolute atomic E-state index is 0.215. The van der Waals surface area contributed by atoms with Crippen molar-refractivity contribution >= 4 is 17.5 Å². The van der Waals surface area contributed by atoms with Crippen LogP contribution in [0.15, 0.2) is 18.2 Å². The summed E-state index contributed by atoms with van der Waals surface area (Å²) in [7, 11) is 0. The fourth-order valence-corrected chi connectivity index (χ4v) is 2.98. The van der Waals surface area contributed by atoms with E-state index in [4.69, 9.17) is 10.5 Å². The van der Waals surface area contributed by atoms with Gasteiger partial charge in [0.1, 0.15) is 5.60 Å². The second kappa shape index (κ2) is 5.95. The highest BCUT2D eigenvalue weighted by molar-refractivity contribution is 5.69. The summed E-state index contributed by atoms with van der Waals surface area (Å²) >= 11 is 0. The van der Waals surface area contributed by atoms with E-state index < -0.39 is 5.60 Å². The Kier molecular flexibility index (Phi) is 4.13. The number of hydrogen-bond donors (Lipinski definition) is 1. The van der Waals surface area contributed by atoms with Gasteiger partial charge >= 0.3 is 6.09 Å². The van der Waals surface area contributed by atoms with Crippen molar-refractivity contribution in [3.05, 3.63) is 23.8 Å². The van der Waals surface area contributed by atoms with Crippen LogP contribution < -0.4 is 10.6 Å². The number of ether oxygens (including phenoxy) is 1. The maximum Gasteiger partial charge on any atom is 0.410 e. The van der Waals surface area contributed by atoms with Gasteiger partial charge in [-0.1, -0.05) is 0 Å². The normalized spacial score (nSPS) is 18.9. The first-order valence-electron chi connectivity index (χ1n) is 8.46. The van der Waals surface area contributed by atoms with Crippen molar-refractivity contribution in [1.29, 1.82) is 0 Å². The van der Waals surface area contributed by atoms with Gasteiger partial charge in [0, 0.05) is 37.6 Å². The van der Waals surface area contributed by atoms with E-state index in [9.17, 15) is 4.79 Å². The van der Waals surface area contributed by atoms with E-state index in [2.05, 4.69) is 17.0 Å². The molecule has 2 fully saturated rings. The highest BCUT2D eigenvalue weighted by atomic mass is 16.6. The Morgan fingerprint density at radius 1 is 1.17 bits per heavy atom. The van der Waals surface area contributed by atoms with E-state index >= 15 is 0 Å². The quantitative estimate of drug-likeness (QED) is 0.851. The summed E-state index contributed by atoms with van der Waals surface area (Å²) in [4.78, 5) is 16.2. The third kappa shape index (κ3) is 3.89. The van der Waals surface area contributed by atoms with Crippen molar-refractivity contribution in [2.45, 2.75) is 45.1 Å². The molecule has 1 saturated heterocycles. The number of amides is 1. The Morgan fingerprint density at radius 2 is 1.83 bits per heavy atom. The minimum Gasteiger partial charge on any atom is -0.444 e. The Morgan fingerprint density at radius 3 is 2.39 bits per heavy atom. The number of nitrogens with zero attached hydrogens (tertiary/aromatic N) is 2. The SMILES string of the molecule is CC(C)(C)OC(=O)N1CCN(c2ccc(N)c(C3CC3)c2)CC1. The van der Waals surface area contributed by atoms with Crippen molar-refractivity contribution in [3.8, 4) is 0 Å². The molecule has 1 heterocycles. The number of carbonyl (C=O) groups is 1. The number of piperazine rings is 1. The molecule has 1 saturated carbocycles. The molecule has 1 amide bonds. The molecule has 23 heavy (non-hydrogen) atoms. The molecule has 3 rings (SSSR count). The Labute approximate surface area is 138 Å². The number of rotatable bonds is 2. The number of anilines is 2. The molecule has 0 unspecified atom stereocenters. The number of carbonyl (C=O) groups excluding carboxylic acids is 1. The van der Waals surface area contributed by atoms with Gasteiger partial charge in [0.2, 0.25) is 0 Å². The average Bonchev–Trinajstić information content (AvgIpc) is 3.31. The van der Waals surface area contributed by atoms with Crippen LogP contribution in [-0.4, -0.2) is 42.8 Å². The highest BCUT2D eigenvalue weighted by Crippen LogP contribution is 2.43. The lowest BCUT2D eigenvalue weighted by atomic mass is 10.1. The first kappa shape index (κ1) is 16.0. The van der Waals surface area contributed by atoms with Gasteiger partial charge < -0.3 is 20.3 Å². The molecular weight excluding hydrogens is 290 g/mol. The standard InChI is InChI=1S/C18H27N3O2/c1-18(2,3)23-17(22)21-10-8-20(9-11-21)14-6-7-16(19)15(12-14)13-4-5-13/h6-7,12-13H,4-5,8-11,19H2,1-3H3. The van der Waals surface area contributed by atoms with Crippen LogP contribution in [0, 0.1) is 0 Å². The van der Waals surface area contributed by atoms with Crippen molar-refractivity contribution < 1.29 is 9.53 Å². The van der Waals surface area contributed by atoms with E-state index in [0.717, 1.165) is 18.8 Å². The maximum absolute atomic E-state index is 12.1. The van der Waals surface area contributed by atoms with Crippen LogP contribution in [0.2, 0.25) is 0 Å². The summed E-state index contributed by atoms with van der Waals surface area (Å²) in [5, 5.41) is 0. The fraction of sp³-hybridized carbons (Fsp3) is 0.611. The van der Waals surface area contributed by atoms with Gasteiger partial charge in [-0.15, -0.1) is 0 Å². The first-order valence-corrected chi connectivity index (χ1v) is 8.46. The summed E-state index contributed by atoms with van der Waals surface area (Å²) in [6.45, 7) is 8.73. The van der Waals surface area contributed by atoms with Crippen LogP contribution in [0.1, 0.15) is 45.1 Å². The summed E-state index contributed by atoms with van der Waals surface area (Å²) < 4.78 is 5.44. The van der Waals surface area contributed by atoms with E-state index in [0.29, 0.717) is 19.0 Å². The average molecular weight is 317 g/mol. The lowest BCUT2D eigenvalue weighted by molar-refractivity contribution is 0.0240. The van der Waals surface area contributed by atoms with Crippen LogP contribution >= 0.6 is 0 Å². The van der Waals surface area contributed by atoms with Gasteiger partial charge in [-0.3, -0.25) is 0 Å². The molecule has 0 radical (unpaired) electrons. The molecule has 5 nitrogen and oxygen atoms in total. The Bertz CT molecular complexity index is 582. The largest absolute Gasteiger partial charge is 0.444 e. The molecule has 1 aromatic carbocycles. The molecule has 0 spiro atoms. The van der Waals surface area contributed by atoms with Crippen molar-refractivity contribution in [1.82, 2.24) is 4.90 Å². The molecule has 2 aliphatic rings. The molecule has 0 atom stereocenters. The Hall–Kier alpha value is -1.91. The number of hydrogen-bond acceptors (Lipinski definition) is 4. The van der Waals surface area contributed by atoms with E-state index in [-0.39, 0.29) is 6.09 Å². The molecule has 2 N–H and O–H groups in total. The summed E-state index contributed by atoms with van der Waals surface area (Å²) in [5.74, 6) is 0.651. The third-order valence-electron chi connectivity index (χ3n) is 4.38. The maximum atomic E-state index is 12.1. The predicted molar refractivity (Wildman–Crippen MR) is 92.8 cm³/mol. The van der Waals surface area contributed by atoms with E-state index in [1.807, 2.05) is 26.8 Å². The Balaban J connectivity index is 1.61. The van der Waals surface area contributed by atoms with E-state index in [1.165, 1.54) is 24.1 Å². The zero-order valence-corrected chi connectivity index (χ0v) is 14.3. The molecule has 5 heteroatoms. The fourth-order valence-electron chi connectivity index (χ4n) is 2.98. The molecule has 0 aromatic heterocycles. The van der Waals surface area contributed by atoms with Gasteiger partial charge in [0.15, 0.2) is 0 Å². The third-order valence-corrected chi connectivity index (χ3v) is 4.38. The predicted octanol–water partition coefficient (Wildman–Crippen LogP) is 3.20. The minimum atomic E-state index is -0.440. The van der Waals surface area contributed by atoms with Gasteiger partial charge in [0.05, 0.1) is 0 Å². The summed E-state index contributed by atoms with van der Waals surface area (Å²) in [6.07, 6.45) is 2.29. The van der Waals surface area contributed by atoms with Crippen LogP contribution in [-0.2, 0) is 4.74 Å². The molecule has 1 aliphatic heterocycles. The summed E-state index contributed by atoms with van der Waals surface area (Å²) in [5.41, 5.74) is 9.06. The highest BCUT2D eigenvalue weighted by Gasteiger charge is 2.28. The van der Waals surface area contributed by atoms with Crippen LogP contribution in [0.3, 0.4) is 0 Å². The smallest absolute Gasteiger partial charge is 0.410 e. The van der Waals surface area contributed by atoms with Crippen molar-refractivity contribution in [2.24, 2.45) is 0 Å². The second-order valence-electron chi connectivity index (χ2n) is 7.54. The zero-order valence-electron chi connectivity index (χ0n) is 14.3. The van der Waals surface area contributed by atoms with Crippen LogP contribution in [0.25, 0.3) is 0 Å². The summed E-state index contributed by atoms with van der Waals surface area (Å²) in [6, 6.07) is 6.34. The zero-order chi connectivity index (χ0) is 16.6. The molecule has 126 valence electrons. The molecule has 0 bridgehead atoms. The van der Waals surface area contributed by atoms with Gasteiger partial charge in [-0.05, 0) is 63.3 Å². The molecule has 1 aliphatic carbocycles. The van der Waals surface area contributed by atoms with Crippen LogP contribution in [0.4, 0.5) is 16.2 Å². The number of nitrogens with two attached hydrogens (primary N) is 1. The van der Waals surface area contributed by atoms with Gasteiger partial charge in [0.25, 0.3) is 0 Å². The second-order valence-corrected chi connectivity index (χ2v) is 7.54. The van der Waals surface area contributed by atoms with E-state index in [1.54, 1.807) is 4.90 Å². The topological polar surface area (TPSA) is 58.8 Å². The van der Waals surface area contributed by atoms with Crippen molar-refractivity contribution in [2.75, 3.05) is 36.8 Å². The lowest BCUT2D eigenvalue weighted by Gasteiger charge is -2.37. The number of nitrogen functional groups attached to an aromatic ring is 1.